The number of carbonyl (C=O) groups is 1. The summed E-state index contributed by atoms with van der Waals surface area (Å²) >= 11 is 6.02. The minimum Gasteiger partial charge on any atom is -0.289 e. The Morgan fingerprint density at radius 3 is 2.75 bits per heavy atom. The highest BCUT2D eigenvalue weighted by molar-refractivity contribution is 6.35. The molecule has 0 saturated heterocycles. The Hall–Kier alpha value is -2.47. The van der Waals surface area contributed by atoms with E-state index in [1.54, 1.807) is 6.92 Å². The summed E-state index contributed by atoms with van der Waals surface area (Å²) in [6.07, 6.45) is 1.44. The van der Waals surface area contributed by atoms with Crippen molar-refractivity contribution in [2.24, 2.45) is 0 Å². The summed E-state index contributed by atoms with van der Waals surface area (Å²) in [5.74, 6) is 0.523. The molecular formula is C13H10ClN5O. The van der Waals surface area contributed by atoms with Gasteiger partial charge in [-0.25, -0.2) is 4.98 Å². The molecule has 7 heteroatoms. The summed E-state index contributed by atoms with van der Waals surface area (Å²) in [5.41, 5.74) is 0.424. The number of H-pyrrole nitrogens is 1. The summed E-state index contributed by atoms with van der Waals surface area (Å²) < 4.78 is 0. The molecule has 6 nitrogen and oxygen atoms in total. The minimum absolute atomic E-state index is 0.228. The molecule has 0 radical (unpaired) electrons. The van der Waals surface area contributed by atoms with Crippen LogP contribution in [0.25, 0.3) is 10.8 Å². The van der Waals surface area contributed by atoms with Crippen LogP contribution < -0.4 is 5.32 Å². The van der Waals surface area contributed by atoms with Crippen molar-refractivity contribution in [2.45, 2.75) is 6.92 Å². The van der Waals surface area contributed by atoms with Crippen LogP contribution in [-0.4, -0.2) is 26.1 Å². The third kappa shape index (κ3) is 2.21. The average molecular weight is 288 g/mol. The second kappa shape index (κ2) is 4.90. The van der Waals surface area contributed by atoms with Crippen LogP contribution in [0.4, 0.5) is 5.95 Å². The van der Waals surface area contributed by atoms with Gasteiger partial charge < -0.3 is 0 Å². The van der Waals surface area contributed by atoms with Gasteiger partial charge in [0.05, 0.1) is 5.56 Å². The molecule has 0 aliphatic carbocycles. The zero-order valence-electron chi connectivity index (χ0n) is 10.5. The van der Waals surface area contributed by atoms with Crippen LogP contribution in [0.3, 0.4) is 0 Å². The van der Waals surface area contributed by atoms with Crippen LogP contribution in [-0.2, 0) is 0 Å². The number of aromatic amines is 1. The number of hydrogen-bond acceptors (Lipinski definition) is 4. The van der Waals surface area contributed by atoms with Gasteiger partial charge in [0.25, 0.3) is 5.91 Å². The van der Waals surface area contributed by atoms with E-state index in [0.717, 1.165) is 10.8 Å². The summed E-state index contributed by atoms with van der Waals surface area (Å²) in [5, 5.41) is 11.0. The van der Waals surface area contributed by atoms with Crippen molar-refractivity contribution in [1.29, 1.82) is 0 Å². The van der Waals surface area contributed by atoms with Gasteiger partial charge in [-0.2, -0.15) is 4.98 Å². The molecule has 100 valence electrons. The number of pyridine rings is 1. The van der Waals surface area contributed by atoms with Crippen LogP contribution in [0, 0.1) is 6.92 Å². The summed E-state index contributed by atoms with van der Waals surface area (Å²) in [6.45, 7) is 1.75. The standard InChI is InChI=1S/C13H10ClN5O/c1-7-16-13(19-18-7)17-12(20)10-6-15-11(14)9-5-3-2-4-8(9)10/h2-6H,1H3,(H2,16,17,18,19,20). The van der Waals surface area contributed by atoms with Crippen LogP contribution in [0.2, 0.25) is 5.15 Å². The predicted octanol–water partition coefficient (Wildman–Crippen LogP) is 2.57. The highest BCUT2D eigenvalue weighted by atomic mass is 35.5. The van der Waals surface area contributed by atoms with E-state index in [2.05, 4.69) is 25.5 Å². The molecule has 0 aliphatic rings. The van der Waals surface area contributed by atoms with Gasteiger partial charge in [0.1, 0.15) is 11.0 Å². The fourth-order valence-corrected chi connectivity index (χ4v) is 2.12. The quantitative estimate of drug-likeness (QED) is 0.710. The molecule has 0 fully saturated rings. The van der Waals surface area contributed by atoms with Crippen LogP contribution >= 0.6 is 11.6 Å². The molecular weight excluding hydrogens is 278 g/mol. The van der Waals surface area contributed by atoms with Gasteiger partial charge in [-0.3, -0.25) is 15.2 Å². The number of halogens is 1. The number of nitrogens with one attached hydrogen (secondary N) is 2. The number of rotatable bonds is 2. The van der Waals surface area contributed by atoms with Crippen molar-refractivity contribution in [3.05, 3.63) is 47.0 Å². The number of carbonyl (C=O) groups excluding carboxylic acids is 1. The highest BCUT2D eigenvalue weighted by Crippen LogP contribution is 2.24. The fourth-order valence-electron chi connectivity index (χ4n) is 1.91. The Kier molecular flexibility index (Phi) is 3.08. The largest absolute Gasteiger partial charge is 0.289 e. The molecule has 0 aliphatic heterocycles. The normalized spacial score (nSPS) is 10.7. The number of anilines is 1. The zero-order valence-corrected chi connectivity index (χ0v) is 11.3. The van der Waals surface area contributed by atoms with Gasteiger partial charge in [-0.05, 0) is 12.3 Å². The van der Waals surface area contributed by atoms with E-state index in [-0.39, 0.29) is 11.9 Å². The van der Waals surface area contributed by atoms with Gasteiger partial charge in [0.15, 0.2) is 0 Å². The van der Waals surface area contributed by atoms with E-state index in [1.807, 2.05) is 24.3 Å². The number of hydrogen-bond donors (Lipinski definition) is 2. The number of benzene rings is 1. The Balaban J connectivity index is 2.01. The highest BCUT2D eigenvalue weighted by Gasteiger charge is 2.14. The molecule has 0 unspecified atom stereocenters. The lowest BCUT2D eigenvalue weighted by Gasteiger charge is -2.06. The molecule has 3 rings (SSSR count). The second-order valence-corrected chi connectivity index (χ2v) is 4.56. The van der Waals surface area contributed by atoms with Gasteiger partial charge in [0.2, 0.25) is 5.95 Å². The Bertz CT molecular complexity index is 798. The van der Waals surface area contributed by atoms with E-state index in [4.69, 9.17) is 11.6 Å². The van der Waals surface area contributed by atoms with Crippen molar-refractivity contribution in [3.63, 3.8) is 0 Å². The molecule has 20 heavy (non-hydrogen) atoms. The SMILES string of the molecule is Cc1nc(NC(=O)c2cnc(Cl)c3ccccc23)n[nH]1. The molecule has 0 spiro atoms. The lowest BCUT2D eigenvalue weighted by molar-refractivity contribution is 0.102. The number of aryl methyl sites for hydroxylation is 1. The first kappa shape index (κ1) is 12.6. The Morgan fingerprint density at radius 1 is 1.30 bits per heavy atom. The fraction of sp³-hybridized carbons (Fsp3) is 0.0769. The molecule has 2 aromatic heterocycles. The molecule has 2 N–H and O–H groups in total. The van der Waals surface area contributed by atoms with E-state index < -0.39 is 0 Å². The van der Waals surface area contributed by atoms with Gasteiger partial charge in [-0.1, -0.05) is 35.9 Å². The van der Waals surface area contributed by atoms with E-state index in [1.165, 1.54) is 6.20 Å². The molecule has 3 aromatic rings. The maximum absolute atomic E-state index is 12.3. The molecule has 0 atom stereocenters. The number of fused-ring (bicyclic) bond motifs is 1. The summed E-state index contributed by atoms with van der Waals surface area (Å²) in [6, 6.07) is 7.32. The summed E-state index contributed by atoms with van der Waals surface area (Å²) in [7, 11) is 0. The van der Waals surface area contributed by atoms with Crippen LogP contribution in [0.15, 0.2) is 30.5 Å². The first-order valence-corrected chi connectivity index (χ1v) is 6.26. The first-order valence-electron chi connectivity index (χ1n) is 5.89. The van der Waals surface area contributed by atoms with Crippen molar-refractivity contribution in [2.75, 3.05) is 5.32 Å². The van der Waals surface area contributed by atoms with Gasteiger partial charge in [-0.15, -0.1) is 5.10 Å². The summed E-state index contributed by atoms with van der Waals surface area (Å²) in [4.78, 5) is 20.3. The molecule has 1 aromatic carbocycles. The Labute approximate surface area is 119 Å². The molecule has 2 heterocycles. The zero-order chi connectivity index (χ0) is 14.1. The minimum atomic E-state index is -0.329. The van der Waals surface area contributed by atoms with E-state index in [9.17, 15) is 4.79 Å². The average Bonchev–Trinajstić information content (AvgIpc) is 2.84. The predicted molar refractivity (Wildman–Crippen MR) is 75.8 cm³/mol. The lowest BCUT2D eigenvalue weighted by atomic mass is 10.1. The van der Waals surface area contributed by atoms with Crippen molar-refractivity contribution in [3.8, 4) is 0 Å². The number of aromatic nitrogens is 4. The van der Waals surface area contributed by atoms with Crippen molar-refractivity contribution < 1.29 is 4.79 Å². The van der Waals surface area contributed by atoms with Crippen LogP contribution in [0.1, 0.15) is 16.2 Å². The maximum atomic E-state index is 12.3. The topological polar surface area (TPSA) is 83.6 Å². The van der Waals surface area contributed by atoms with Crippen LogP contribution in [0.5, 0.6) is 0 Å². The number of nitrogens with zero attached hydrogens (tertiary/aromatic N) is 3. The lowest BCUT2D eigenvalue weighted by Crippen LogP contribution is -2.14. The molecule has 1 amide bonds. The third-order valence-corrected chi connectivity index (χ3v) is 3.11. The Morgan fingerprint density at radius 2 is 2.05 bits per heavy atom. The van der Waals surface area contributed by atoms with Gasteiger partial charge >= 0.3 is 0 Å². The van der Waals surface area contributed by atoms with E-state index >= 15 is 0 Å². The molecule has 0 bridgehead atoms. The van der Waals surface area contributed by atoms with Crippen molar-refractivity contribution >= 4 is 34.2 Å². The third-order valence-electron chi connectivity index (χ3n) is 2.81. The van der Waals surface area contributed by atoms with E-state index in [0.29, 0.717) is 16.5 Å². The van der Waals surface area contributed by atoms with Crippen molar-refractivity contribution in [1.82, 2.24) is 20.2 Å². The number of amides is 1. The monoisotopic (exact) mass is 287 g/mol. The second-order valence-electron chi connectivity index (χ2n) is 4.21. The molecule has 0 saturated carbocycles. The smallest absolute Gasteiger partial charge is 0.260 e. The maximum Gasteiger partial charge on any atom is 0.260 e. The first-order chi connectivity index (χ1) is 9.65. The van der Waals surface area contributed by atoms with Gasteiger partial charge in [0, 0.05) is 11.6 Å².